The predicted molar refractivity (Wildman–Crippen MR) is 140 cm³/mol. The summed E-state index contributed by atoms with van der Waals surface area (Å²) in [5.41, 5.74) is 2.99. The van der Waals surface area contributed by atoms with Crippen molar-refractivity contribution in [1.29, 1.82) is 0 Å². The Bertz CT molecular complexity index is 1440. The van der Waals surface area contributed by atoms with Crippen LogP contribution in [0.4, 0.5) is 13.2 Å². The average molecular weight is 523 g/mol. The van der Waals surface area contributed by atoms with Gasteiger partial charge in [-0.3, -0.25) is 4.79 Å². The lowest BCUT2D eigenvalue weighted by atomic mass is 9.89. The first-order chi connectivity index (χ1) is 18.3. The topological polar surface area (TPSA) is 43.7 Å². The molecule has 1 saturated heterocycles. The first-order valence-electron chi connectivity index (χ1n) is 12.5. The number of aromatic nitrogens is 1. The van der Waals surface area contributed by atoms with Crippen LogP contribution >= 0.6 is 0 Å². The number of piperidine rings is 1. The third-order valence-electron chi connectivity index (χ3n) is 7.31. The van der Waals surface area contributed by atoms with E-state index in [1.807, 2.05) is 23.1 Å². The number of hydrogen-bond acceptors (Lipinski definition) is 3. The molecule has 38 heavy (non-hydrogen) atoms. The molecular formula is C30H29F3N2O3. The smallest absolute Gasteiger partial charge is 0.416 e. The number of methoxy groups -OCH3 is 2. The van der Waals surface area contributed by atoms with Crippen molar-refractivity contribution >= 4 is 16.8 Å². The highest BCUT2D eigenvalue weighted by molar-refractivity contribution is 5.95. The SMILES string of the molecule is COc1ccc(C(=O)N2CCC(c3cn(Cc4ccc(C(F)(F)F)cc4)c4ccccc34)CC2)cc1OC. The van der Waals surface area contributed by atoms with E-state index in [9.17, 15) is 18.0 Å². The first-order valence-corrected chi connectivity index (χ1v) is 12.5. The van der Waals surface area contributed by atoms with Gasteiger partial charge in [0.2, 0.25) is 0 Å². The van der Waals surface area contributed by atoms with Crippen molar-refractivity contribution in [2.24, 2.45) is 0 Å². The van der Waals surface area contributed by atoms with Gasteiger partial charge in [-0.1, -0.05) is 30.3 Å². The molecule has 8 heteroatoms. The summed E-state index contributed by atoms with van der Waals surface area (Å²) < 4.78 is 51.6. The van der Waals surface area contributed by atoms with Crippen LogP contribution in [0.15, 0.2) is 72.9 Å². The summed E-state index contributed by atoms with van der Waals surface area (Å²) in [5.74, 6) is 1.35. The van der Waals surface area contributed by atoms with Gasteiger partial charge in [0.15, 0.2) is 11.5 Å². The average Bonchev–Trinajstić information content (AvgIpc) is 3.30. The molecule has 1 aliphatic rings. The molecule has 0 N–H and O–H groups in total. The summed E-state index contributed by atoms with van der Waals surface area (Å²) in [7, 11) is 3.11. The fraction of sp³-hybridized carbons (Fsp3) is 0.300. The molecule has 0 spiro atoms. The number of hydrogen-bond donors (Lipinski definition) is 0. The molecule has 5 rings (SSSR count). The van der Waals surface area contributed by atoms with E-state index in [4.69, 9.17) is 9.47 Å². The van der Waals surface area contributed by atoms with E-state index in [-0.39, 0.29) is 11.8 Å². The number of halogens is 3. The molecule has 0 aliphatic carbocycles. The number of rotatable bonds is 6. The van der Waals surface area contributed by atoms with Gasteiger partial charge in [-0.25, -0.2) is 0 Å². The second kappa shape index (κ2) is 10.4. The molecule has 0 saturated carbocycles. The van der Waals surface area contributed by atoms with Crippen LogP contribution in [0.25, 0.3) is 10.9 Å². The number of likely N-dealkylation sites (tertiary alicyclic amines) is 1. The highest BCUT2D eigenvalue weighted by atomic mass is 19.4. The number of ether oxygens (including phenoxy) is 2. The Morgan fingerprint density at radius 1 is 0.921 bits per heavy atom. The van der Waals surface area contributed by atoms with Crippen LogP contribution in [-0.4, -0.2) is 42.7 Å². The number of para-hydroxylation sites is 1. The van der Waals surface area contributed by atoms with E-state index in [1.54, 1.807) is 32.4 Å². The number of alkyl halides is 3. The van der Waals surface area contributed by atoms with Crippen molar-refractivity contribution in [1.82, 2.24) is 9.47 Å². The van der Waals surface area contributed by atoms with Gasteiger partial charge in [-0.05, 0) is 66.3 Å². The lowest BCUT2D eigenvalue weighted by molar-refractivity contribution is -0.137. The van der Waals surface area contributed by atoms with Gasteiger partial charge in [-0.2, -0.15) is 13.2 Å². The van der Waals surface area contributed by atoms with Crippen LogP contribution in [0, 0.1) is 0 Å². The van der Waals surface area contributed by atoms with Gasteiger partial charge in [0, 0.05) is 42.3 Å². The molecule has 2 heterocycles. The van der Waals surface area contributed by atoms with Gasteiger partial charge in [0.1, 0.15) is 0 Å². The second-order valence-corrected chi connectivity index (χ2v) is 9.56. The Balaban J connectivity index is 1.32. The number of benzene rings is 3. The van der Waals surface area contributed by atoms with Crippen molar-refractivity contribution in [2.45, 2.75) is 31.5 Å². The second-order valence-electron chi connectivity index (χ2n) is 9.56. The van der Waals surface area contributed by atoms with Gasteiger partial charge in [0.05, 0.1) is 19.8 Å². The minimum Gasteiger partial charge on any atom is -0.493 e. The summed E-state index contributed by atoms with van der Waals surface area (Å²) in [6.45, 7) is 1.75. The minimum absolute atomic E-state index is 0.0332. The Morgan fingerprint density at radius 2 is 1.61 bits per heavy atom. The molecule has 1 aliphatic heterocycles. The molecule has 3 aromatic carbocycles. The standard InChI is InChI=1S/C30H29F3N2O3/c1-37-27-12-9-22(17-28(27)38-2)29(36)34-15-13-21(14-16-34)25-19-35(26-6-4-3-5-24(25)26)18-20-7-10-23(11-8-20)30(31,32)33/h3-12,17,19,21H,13-16,18H2,1-2H3. The van der Waals surface area contributed by atoms with Crippen molar-refractivity contribution in [3.8, 4) is 11.5 Å². The Morgan fingerprint density at radius 3 is 2.26 bits per heavy atom. The summed E-state index contributed by atoms with van der Waals surface area (Å²) >= 11 is 0. The molecular weight excluding hydrogens is 493 g/mol. The zero-order valence-electron chi connectivity index (χ0n) is 21.3. The monoisotopic (exact) mass is 522 g/mol. The molecule has 5 nitrogen and oxygen atoms in total. The Hall–Kier alpha value is -3.94. The number of amides is 1. The van der Waals surface area contributed by atoms with Crippen molar-refractivity contribution < 1.29 is 27.4 Å². The molecule has 1 aromatic heterocycles. The van der Waals surface area contributed by atoms with Crippen LogP contribution in [0.1, 0.15) is 45.8 Å². The van der Waals surface area contributed by atoms with Crippen LogP contribution < -0.4 is 9.47 Å². The van der Waals surface area contributed by atoms with E-state index in [1.165, 1.54) is 17.7 Å². The summed E-state index contributed by atoms with van der Waals surface area (Å²) in [5, 5.41) is 1.14. The largest absolute Gasteiger partial charge is 0.493 e. The van der Waals surface area contributed by atoms with E-state index >= 15 is 0 Å². The predicted octanol–water partition coefficient (Wildman–Crippen LogP) is 6.75. The number of nitrogens with zero attached hydrogens (tertiary/aromatic N) is 2. The normalized spacial score (nSPS) is 14.6. The quantitative estimate of drug-likeness (QED) is 0.282. The highest BCUT2D eigenvalue weighted by Crippen LogP contribution is 2.36. The fourth-order valence-corrected chi connectivity index (χ4v) is 5.27. The maximum atomic E-state index is 13.2. The number of fused-ring (bicyclic) bond motifs is 1. The molecule has 4 aromatic rings. The molecule has 0 bridgehead atoms. The van der Waals surface area contributed by atoms with Crippen LogP contribution in [0.2, 0.25) is 0 Å². The molecule has 0 radical (unpaired) electrons. The third kappa shape index (κ3) is 5.08. The van der Waals surface area contributed by atoms with E-state index < -0.39 is 11.7 Å². The van der Waals surface area contributed by atoms with Gasteiger partial charge >= 0.3 is 6.18 Å². The zero-order chi connectivity index (χ0) is 26.9. The Labute approximate surface area is 219 Å². The van der Waals surface area contributed by atoms with Crippen molar-refractivity contribution in [3.63, 3.8) is 0 Å². The zero-order valence-corrected chi connectivity index (χ0v) is 21.3. The van der Waals surface area contributed by atoms with Crippen molar-refractivity contribution in [2.75, 3.05) is 27.3 Å². The summed E-state index contributed by atoms with van der Waals surface area (Å²) in [4.78, 5) is 15.0. The molecule has 198 valence electrons. The lowest BCUT2D eigenvalue weighted by Gasteiger charge is -2.32. The maximum Gasteiger partial charge on any atom is 0.416 e. The summed E-state index contributed by atoms with van der Waals surface area (Å²) in [6, 6.07) is 18.7. The van der Waals surface area contributed by atoms with Gasteiger partial charge < -0.3 is 18.9 Å². The van der Waals surface area contributed by atoms with Crippen LogP contribution in [0.5, 0.6) is 11.5 Å². The van der Waals surface area contributed by atoms with Gasteiger partial charge in [0.25, 0.3) is 5.91 Å². The van der Waals surface area contributed by atoms with Crippen molar-refractivity contribution in [3.05, 3.63) is 95.2 Å². The molecule has 0 unspecified atom stereocenters. The van der Waals surface area contributed by atoms with E-state index in [0.717, 1.165) is 41.4 Å². The minimum atomic E-state index is -4.35. The Kier molecular flexibility index (Phi) is 7.06. The maximum absolute atomic E-state index is 13.2. The number of carbonyl (C=O) groups is 1. The lowest BCUT2D eigenvalue weighted by Crippen LogP contribution is -2.37. The van der Waals surface area contributed by atoms with Gasteiger partial charge in [-0.15, -0.1) is 0 Å². The van der Waals surface area contributed by atoms with Crippen LogP contribution in [-0.2, 0) is 12.7 Å². The third-order valence-corrected chi connectivity index (χ3v) is 7.31. The number of carbonyl (C=O) groups excluding carboxylic acids is 1. The fourth-order valence-electron chi connectivity index (χ4n) is 5.27. The van der Waals surface area contributed by atoms with E-state index in [2.05, 4.69) is 16.8 Å². The van der Waals surface area contributed by atoms with Crippen LogP contribution in [0.3, 0.4) is 0 Å². The molecule has 0 atom stereocenters. The highest BCUT2D eigenvalue weighted by Gasteiger charge is 2.30. The summed E-state index contributed by atoms with van der Waals surface area (Å²) in [6.07, 6.45) is -0.568. The molecule has 1 amide bonds. The first kappa shape index (κ1) is 25.7. The molecule has 1 fully saturated rings. The van der Waals surface area contributed by atoms with E-state index in [0.29, 0.717) is 36.7 Å².